The molecule has 3 rings (SSSR count). The molecule has 0 saturated heterocycles. The van der Waals surface area contributed by atoms with E-state index in [1.165, 1.54) is 31.2 Å². The van der Waals surface area contributed by atoms with Crippen LogP contribution in [0.1, 0.15) is 43.7 Å². The predicted octanol–water partition coefficient (Wildman–Crippen LogP) is 5.04. The van der Waals surface area contributed by atoms with Gasteiger partial charge in [-0.15, -0.1) is 12.4 Å². The van der Waals surface area contributed by atoms with Gasteiger partial charge in [0, 0.05) is 19.1 Å². The minimum absolute atomic E-state index is 0. The second-order valence-electron chi connectivity index (χ2n) is 7.57. The van der Waals surface area contributed by atoms with Gasteiger partial charge in [0.25, 0.3) is 5.91 Å². The Hall–Kier alpha value is -1.76. The normalized spacial score (nSPS) is 13.5. The number of nitrogens with one attached hydrogen (secondary N) is 2. The first-order chi connectivity index (χ1) is 14.7. The summed E-state index contributed by atoms with van der Waals surface area (Å²) in [5, 5.41) is 6.52. The summed E-state index contributed by atoms with van der Waals surface area (Å²) >= 11 is 3.59. The largest absolute Gasteiger partial charge is 0.490 e. The van der Waals surface area contributed by atoms with Gasteiger partial charge in [0.05, 0.1) is 11.1 Å². The maximum Gasteiger partial charge on any atom is 0.257 e. The molecule has 2 aromatic rings. The molecule has 5 nitrogen and oxygen atoms in total. The Kier molecular flexibility index (Phi) is 11.2. The third-order valence-electron chi connectivity index (χ3n) is 5.25. The Bertz CT molecular complexity index is 814. The summed E-state index contributed by atoms with van der Waals surface area (Å²) in [7, 11) is 0. The maximum atomic E-state index is 12.2. The van der Waals surface area contributed by atoms with Crippen molar-refractivity contribution in [3.63, 3.8) is 0 Å². The van der Waals surface area contributed by atoms with Gasteiger partial charge in [-0.1, -0.05) is 43.2 Å². The van der Waals surface area contributed by atoms with Crippen molar-refractivity contribution in [3.8, 4) is 11.5 Å². The van der Waals surface area contributed by atoms with Crippen LogP contribution < -0.4 is 20.1 Å². The molecule has 0 atom stereocenters. The van der Waals surface area contributed by atoms with Gasteiger partial charge in [0.1, 0.15) is 0 Å². The summed E-state index contributed by atoms with van der Waals surface area (Å²) in [6, 6.07) is 14.7. The van der Waals surface area contributed by atoms with Gasteiger partial charge in [-0.25, -0.2) is 0 Å². The zero-order valence-electron chi connectivity index (χ0n) is 18.0. The molecular formula is C24H32BrClN2O3. The number of carbonyl (C=O) groups excluding carboxylic acids is 1. The van der Waals surface area contributed by atoms with Crippen LogP contribution in [0.4, 0.5) is 0 Å². The van der Waals surface area contributed by atoms with Crippen molar-refractivity contribution < 1.29 is 14.3 Å². The minimum Gasteiger partial charge on any atom is -0.490 e. The number of rotatable bonds is 11. The molecule has 1 aliphatic rings. The van der Waals surface area contributed by atoms with Gasteiger partial charge in [-0.2, -0.15) is 0 Å². The molecule has 0 unspecified atom stereocenters. The van der Waals surface area contributed by atoms with E-state index in [1.54, 1.807) is 0 Å². The highest BCUT2D eigenvalue weighted by molar-refractivity contribution is 9.10. The van der Waals surface area contributed by atoms with Gasteiger partial charge in [0.2, 0.25) is 0 Å². The maximum absolute atomic E-state index is 12.2. The third-order valence-corrected chi connectivity index (χ3v) is 5.83. The Morgan fingerprint density at radius 2 is 1.84 bits per heavy atom. The van der Waals surface area contributed by atoms with Gasteiger partial charge in [0.15, 0.2) is 18.1 Å². The molecule has 0 heterocycles. The van der Waals surface area contributed by atoms with E-state index in [1.807, 2.05) is 37.3 Å². The van der Waals surface area contributed by atoms with Crippen LogP contribution in [-0.4, -0.2) is 31.7 Å². The summed E-state index contributed by atoms with van der Waals surface area (Å²) < 4.78 is 12.4. The lowest BCUT2D eigenvalue weighted by molar-refractivity contribution is -0.123. The highest BCUT2D eigenvalue weighted by Gasteiger charge is 2.17. The van der Waals surface area contributed by atoms with E-state index >= 15 is 0 Å². The molecule has 0 aliphatic heterocycles. The number of ether oxygens (including phenoxy) is 2. The molecule has 1 saturated carbocycles. The fourth-order valence-corrected chi connectivity index (χ4v) is 4.30. The van der Waals surface area contributed by atoms with Crippen LogP contribution in [0.5, 0.6) is 11.5 Å². The summed E-state index contributed by atoms with van der Waals surface area (Å²) in [6.45, 7) is 3.80. The van der Waals surface area contributed by atoms with E-state index in [2.05, 4.69) is 38.7 Å². The number of amides is 1. The Morgan fingerprint density at radius 1 is 1.10 bits per heavy atom. The van der Waals surface area contributed by atoms with Crippen molar-refractivity contribution in [2.24, 2.45) is 0 Å². The number of benzene rings is 2. The van der Waals surface area contributed by atoms with E-state index < -0.39 is 0 Å². The first-order valence-electron chi connectivity index (χ1n) is 10.8. The molecule has 2 aromatic carbocycles. The van der Waals surface area contributed by atoms with Crippen LogP contribution >= 0.6 is 28.3 Å². The second kappa shape index (κ2) is 13.6. The van der Waals surface area contributed by atoms with E-state index in [-0.39, 0.29) is 24.9 Å². The summed E-state index contributed by atoms with van der Waals surface area (Å²) in [4.78, 5) is 12.2. The van der Waals surface area contributed by atoms with Crippen molar-refractivity contribution in [1.29, 1.82) is 0 Å². The molecule has 0 bridgehead atoms. The van der Waals surface area contributed by atoms with Crippen LogP contribution in [0.15, 0.2) is 46.9 Å². The summed E-state index contributed by atoms with van der Waals surface area (Å²) in [6.07, 6.45) is 5.92. The topological polar surface area (TPSA) is 59.6 Å². The SMILES string of the molecule is CCOc1cc(CNC2CCCC2)cc(Br)c1OCC(=O)NCCc1ccccc1.Cl. The molecular weight excluding hydrogens is 480 g/mol. The van der Waals surface area contributed by atoms with Crippen LogP contribution in [0.3, 0.4) is 0 Å². The first kappa shape index (κ1) is 25.5. The van der Waals surface area contributed by atoms with Crippen molar-refractivity contribution in [1.82, 2.24) is 10.6 Å². The minimum atomic E-state index is -0.146. The fourth-order valence-electron chi connectivity index (χ4n) is 3.70. The van der Waals surface area contributed by atoms with E-state index in [0.717, 1.165) is 23.0 Å². The molecule has 0 spiro atoms. The van der Waals surface area contributed by atoms with Gasteiger partial charge < -0.3 is 20.1 Å². The number of hydrogen-bond acceptors (Lipinski definition) is 4. The number of hydrogen-bond donors (Lipinski definition) is 2. The molecule has 1 amide bonds. The predicted molar refractivity (Wildman–Crippen MR) is 130 cm³/mol. The lowest BCUT2D eigenvalue weighted by atomic mass is 10.1. The van der Waals surface area contributed by atoms with Crippen LogP contribution in [-0.2, 0) is 17.8 Å². The zero-order valence-corrected chi connectivity index (χ0v) is 20.4. The first-order valence-corrected chi connectivity index (χ1v) is 11.6. The zero-order chi connectivity index (χ0) is 21.2. The van der Waals surface area contributed by atoms with Crippen molar-refractivity contribution in [2.75, 3.05) is 19.8 Å². The number of halogens is 2. The molecule has 31 heavy (non-hydrogen) atoms. The summed E-state index contributed by atoms with van der Waals surface area (Å²) in [5.74, 6) is 1.08. The van der Waals surface area contributed by atoms with Crippen molar-refractivity contribution in [3.05, 3.63) is 58.1 Å². The molecule has 7 heteroatoms. The van der Waals surface area contributed by atoms with Gasteiger partial charge >= 0.3 is 0 Å². The van der Waals surface area contributed by atoms with Crippen molar-refractivity contribution in [2.45, 2.75) is 51.6 Å². The molecule has 2 N–H and O–H groups in total. The van der Waals surface area contributed by atoms with E-state index in [4.69, 9.17) is 9.47 Å². The van der Waals surface area contributed by atoms with Crippen molar-refractivity contribution >= 4 is 34.2 Å². The molecule has 0 radical (unpaired) electrons. The van der Waals surface area contributed by atoms with Crippen LogP contribution in [0.25, 0.3) is 0 Å². The average molecular weight is 512 g/mol. The van der Waals surface area contributed by atoms with Gasteiger partial charge in [-0.05, 0) is 65.4 Å². The smallest absolute Gasteiger partial charge is 0.257 e. The van der Waals surface area contributed by atoms with E-state index in [0.29, 0.717) is 30.7 Å². The molecule has 170 valence electrons. The standard InChI is InChI=1S/C24H31BrN2O3.ClH/c1-2-29-22-15-19(16-27-20-10-6-7-11-20)14-21(25)24(22)30-17-23(28)26-13-12-18-8-4-3-5-9-18;/h3-5,8-9,14-15,20,27H,2,6-7,10-13,16-17H2,1H3,(H,26,28);1H. The lowest BCUT2D eigenvalue weighted by Crippen LogP contribution is -2.30. The van der Waals surface area contributed by atoms with Gasteiger partial charge in [-0.3, -0.25) is 4.79 Å². The molecule has 1 aliphatic carbocycles. The molecule has 0 aromatic heterocycles. The number of carbonyl (C=O) groups is 1. The second-order valence-corrected chi connectivity index (χ2v) is 8.43. The lowest BCUT2D eigenvalue weighted by Gasteiger charge is -2.17. The fraction of sp³-hybridized carbons (Fsp3) is 0.458. The molecule has 1 fully saturated rings. The highest BCUT2D eigenvalue weighted by Crippen LogP contribution is 2.37. The Morgan fingerprint density at radius 3 is 2.55 bits per heavy atom. The van der Waals surface area contributed by atoms with E-state index in [9.17, 15) is 4.79 Å². The van der Waals surface area contributed by atoms with Crippen LogP contribution in [0, 0.1) is 0 Å². The average Bonchev–Trinajstić information content (AvgIpc) is 3.26. The van der Waals surface area contributed by atoms with Crippen LogP contribution in [0.2, 0.25) is 0 Å². The Labute approximate surface area is 199 Å². The summed E-state index contributed by atoms with van der Waals surface area (Å²) in [5.41, 5.74) is 2.33. The Balaban J connectivity index is 0.00000341. The monoisotopic (exact) mass is 510 g/mol. The third kappa shape index (κ3) is 8.36. The quantitative estimate of drug-likeness (QED) is 0.444. The highest BCUT2D eigenvalue weighted by atomic mass is 79.9.